The van der Waals surface area contributed by atoms with Crippen molar-refractivity contribution in [2.75, 3.05) is 27.4 Å². The fraction of sp³-hybridized carbons (Fsp3) is 0.520. The zero-order valence-corrected chi connectivity index (χ0v) is 38.4. The molecule has 3 saturated heterocycles. The Kier molecular flexibility index (Phi) is 11.9. The van der Waals surface area contributed by atoms with Gasteiger partial charge in [0.05, 0.1) is 49.2 Å². The first-order valence-corrected chi connectivity index (χ1v) is 23.7. The standard InChI is InChI=1S/C50H60N8O8/c1-6-32-12-15-39(57(32)47(59)42(26(2)3)55-49(61)63-4)45-51-24-37(53-45)29-10-13-33-31(20-29)25-66-41-23-34-28(21-35(33)41)11-14-36-44(34)54-46(52-36)40-22-30-8-7-9-38(30)58(40)48(60)43(56-50(62)64-5)27-16-18-65-19-17-27/h10-11,13-14,20-21,23-24,26-27,30,32,38-40,42-43H,6-9,12,15-19,22,25H2,1-5H3,(H,51,53)(H,52,54)(H,55,61)(H,56,62)/t30-,32-,38-,39?,40?,42-,43-/m0/s1. The first-order chi connectivity index (χ1) is 32.0. The first kappa shape index (κ1) is 43.7. The van der Waals surface area contributed by atoms with Gasteiger partial charge in [-0.05, 0) is 115 Å². The van der Waals surface area contributed by atoms with Crippen LogP contribution in [0.3, 0.4) is 0 Å². The van der Waals surface area contributed by atoms with Gasteiger partial charge in [0, 0.05) is 36.2 Å². The van der Waals surface area contributed by atoms with E-state index in [1.807, 2.05) is 29.8 Å². The van der Waals surface area contributed by atoms with Crippen molar-refractivity contribution in [3.05, 3.63) is 65.9 Å². The number of methoxy groups -OCH3 is 2. The Morgan fingerprint density at radius 2 is 1.65 bits per heavy atom. The molecule has 16 heteroatoms. The monoisotopic (exact) mass is 900 g/mol. The highest BCUT2D eigenvalue weighted by Crippen LogP contribution is 2.49. The number of rotatable bonds is 10. The molecule has 4 N–H and O–H groups in total. The Balaban J connectivity index is 0.915. The molecule has 5 aliphatic rings. The van der Waals surface area contributed by atoms with Gasteiger partial charge in [0.2, 0.25) is 11.8 Å². The number of hydrogen-bond donors (Lipinski definition) is 4. The van der Waals surface area contributed by atoms with Crippen LogP contribution in [0.25, 0.3) is 44.2 Å². The van der Waals surface area contributed by atoms with E-state index >= 15 is 0 Å². The normalized spacial score (nSPS) is 23.6. The quantitative estimate of drug-likeness (QED) is 0.107. The van der Waals surface area contributed by atoms with Crippen LogP contribution in [-0.2, 0) is 30.4 Å². The molecule has 4 fully saturated rings. The molecule has 10 rings (SSSR count). The predicted octanol–water partition coefficient (Wildman–Crippen LogP) is 8.08. The van der Waals surface area contributed by atoms with E-state index in [9.17, 15) is 19.2 Å². The summed E-state index contributed by atoms with van der Waals surface area (Å²) < 4.78 is 22.0. The minimum absolute atomic E-state index is 0.0338. The fourth-order valence-electron chi connectivity index (χ4n) is 11.7. The van der Waals surface area contributed by atoms with Gasteiger partial charge in [-0.25, -0.2) is 19.6 Å². The van der Waals surface area contributed by atoms with Crippen LogP contribution < -0.4 is 15.4 Å². The van der Waals surface area contributed by atoms with Gasteiger partial charge in [0.25, 0.3) is 0 Å². The summed E-state index contributed by atoms with van der Waals surface area (Å²) in [6, 6.07) is 13.0. The molecule has 7 atom stereocenters. The minimum Gasteiger partial charge on any atom is -0.488 e. The van der Waals surface area contributed by atoms with Gasteiger partial charge in [-0.1, -0.05) is 45.4 Å². The van der Waals surface area contributed by atoms with Crippen LogP contribution in [0.15, 0.2) is 48.7 Å². The third-order valence-corrected chi connectivity index (χ3v) is 15.1. The Bertz CT molecular complexity index is 2670. The molecule has 3 aromatic carbocycles. The third kappa shape index (κ3) is 7.79. The molecule has 0 radical (unpaired) electrons. The van der Waals surface area contributed by atoms with Crippen LogP contribution in [0.1, 0.15) is 108 Å². The number of likely N-dealkylation sites (tertiary alicyclic amines) is 2. The Labute approximate surface area is 383 Å². The second-order valence-electron chi connectivity index (χ2n) is 19.1. The van der Waals surface area contributed by atoms with Crippen LogP contribution >= 0.6 is 0 Å². The topological polar surface area (TPSA) is 193 Å². The second-order valence-corrected chi connectivity index (χ2v) is 19.1. The first-order valence-electron chi connectivity index (χ1n) is 23.7. The van der Waals surface area contributed by atoms with E-state index in [2.05, 4.69) is 70.0 Å². The Morgan fingerprint density at radius 3 is 2.42 bits per heavy atom. The van der Waals surface area contributed by atoms with Gasteiger partial charge in [-0.3, -0.25) is 9.59 Å². The number of carbonyl (C=O) groups excluding carboxylic acids is 4. The number of nitrogens with one attached hydrogen (secondary N) is 4. The van der Waals surface area contributed by atoms with Crippen LogP contribution in [0.2, 0.25) is 0 Å². The van der Waals surface area contributed by atoms with E-state index in [-0.39, 0.29) is 47.8 Å². The lowest BCUT2D eigenvalue weighted by molar-refractivity contribution is -0.139. The number of amides is 4. The summed E-state index contributed by atoms with van der Waals surface area (Å²) in [6.07, 6.45) is 8.28. The van der Waals surface area contributed by atoms with E-state index in [1.54, 1.807) is 0 Å². The third-order valence-electron chi connectivity index (χ3n) is 15.1. The van der Waals surface area contributed by atoms with E-state index in [0.29, 0.717) is 38.6 Å². The maximum Gasteiger partial charge on any atom is 0.407 e. The maximum atomic E-state index is 14.7. The van der Waals surface area contributed by atoms with E-state index in [4.69, 9.17) is 28.9 Å². The average molecular weight is 901 g/mol. The number of imidazole rings is 2. The molecule has 5 aromatic rings. The summed E-state index contributed by atoms with van der Waals surface area (Å²) in [4.78, 5) is 74.8. The summed E-state index contributed by atoms with van der Waals surface area (Å²) in [5, 5.41) is 7.66. The molecule has 348 valence electrons. The number of H-pyrrole nitrogens is 2. The van der Waals surface area contributed by atoms with Crippen molar-refractivity contribution in [1.82, 2.24) is 40.4 Å². The summed E-state index contributed by atoms with van der Waals surface area (Å²) in [5.74, 6) is 2.25. The number of aromatic nitrogens is 4. The number of fused-ring (bicyclic) bond motifs is 7. The fourth-order valence-corrected chi connectivity index (χ4v) is 11.7. The minimum atomic E-state index is -0.718. The highest BCUT2D eigenvalue weighted by atomic mass is 16.5. The van der Waals surface area contributed by atoms with E-state index in [0.717, 1.165) is 112 Å². The van der Waals surface area contributed by atoms with Crippen molar-refractivity contribution in [3.8, 4) is 28.1 Å². The van der Waals surface area contributed by atoms with Gasteiger partial charge >= 0.3 is 12.2 Å². The zero-order valence-electron chi connectivity index (χ0n) is 38.4. The van der Waals surface area contributed by atoms with Gasteiger partial charge in [0.1, 0.15) is 36.1 Å². The second kappa shape index (κ2) is 17.9. The van der Waals surface area contributed by atoms with Gasteiger partial charge in [-0.15, -0.1) is 0 Å². The number of alkyl carbamates (subject to hydrolysis) is 2. The molecule has 0 bridgehead atoms. The van der Waals surface area contributed by atoms with E-state index < -0.39 is 24.3 Å². The lowest BCUT2D eigenvalue weighted by Gasteiger charge is -2.36. The number of carbonyl (C=O) groups is 4. The van der Waals surface area contributed by atoms with Crippen molar-refractivity contribution in [1.29, 1.82) is 0 Å². The molecule has 16 nitrogen and oxygen atoms in total. The number of ether oxygens (including phenoxy) is 4. The molecular formula is C50H60N8O8. The van der Waals surface area contributed by atoms with Crippen molar-refractivity contribution in [2.45, 2.75) is 121 Å². The lowest BCUT2D eigenvalue weighted by Crippen LogP contribution is -2.55. The predicted molar refractivity (Wildman–Crippen MR) is 246 cm³/mol. The molecule has 1 saturated carbocycles. The molecule has 0 spiro atoms. The smallest absolute Gasteiger partial charge is 0.407 e. The molecule has 1 aliphatic carbocycles. The summed E-state index contributed by atoms with van der Waals surface area (Å²) in [5.41, 5.74) is 6.67. The zero-order chi connectivity index (χ0) is 45.8. The van der Waals surface area contributed by atoms with Crippen LogP contribution in [0.5, 0.6) is 5.75 Å². The van der Waals surface area contributed by atoms with Crippen LogP contribution in [0, 0.1) is 17.8 Å². The molecule has 66 heavy (non-hydrogen) atoms. The van der Waals surface area contributed by atoms with Crippen molar-refractivity contribution in [2.24, 2.45) is 17.8 Å². The van der Waals surface area contributed by atoms with Crippen molar-refractivity contribution in [3.63, 3.8) is 0 Å². The molecule has 4 aliphatic heterocycles. The summed E-state index contributed by atoms with van der Waals surface area (Å²) >= 11 is 0. The Hall–Kier alpha value is -6.16. The van der Waals surface area contributed by atoms with Gasteiger partial charge in [-0.2, -0.15) is 0 Å². The van der Waals surface area contributed by atoms with Crippen LogP contribution in [-0.4, -0.2) is 105 Å². The largest absolute Gasteiger partial charge is 0.488 e. The summed E-state index contributed by atoms with van der Waals surface area (Å²) in [7, 11) is 2.63. The average Bonchev–Trinajstić information content (AvgIpc) is 4.19. The summed E-state index contributed by atoms with van der Waals surface area (Å²) in [6.45, 7) is 7.42. The molecule has 6 heterocycles. The molecule has 2 aromatic heterocycles. The Morgan fingerprint density at radius 1 is 0.848 bits per heavy atom. The molecule has 4 amide bonds. The number of hydrogen-bond acceptors (Lipinski definition) is 10. The molecule has 2 unspecified atom stereocenters. The van der Waals surface area contributed by atoms with Gasteiger partial charge in [0.15, 0.2) is 0 Å². The highest BCUT2D eigenvalue weighted by Gasteiger charge is 2.50. The number of nitrogens with zero attached hydrogens (tertiary/aromatic N) is 4. The van der Waals surface area contributed by atoms with Gasteiger partial charge < -0.3 is 49.3 Å². The maximum absolute atomic E-state index is 14.7. The van der Waals surface area contributed by atoms with Crippen LogP contribution in [0.4, 0.5) is 9.59 Å². The molecular weight excluding hydrogens is 841 g/mol. The SMILES string of the molecule is CC[C@H]1CCC(c2ncc(-c3ccc4c(c3)COc3cc5c(ccc6[nH]c(C7C[C@@H]8CCC[C@@H]8N7C(=O)[C@@H](NC(=O)OC)C7CCOCC7)nc65)cc3-4)[nH]2)N1C(=O)[C@@H](NC(=O)OC)C(C)C. The number of aromatic amines is 2. The van der Waals surface area contributed by atoms with E-state index in [1.165, 1.54) is 14.2 Å². The number of benzene rings is 3. The van der Waals surface area contributed by atoms with Crippen molar-refractivity contribution < 1.29 is 38.1 Å². The highest BCUT2D eigenvalue weighted by molar-refractivity contribution is 6.07. The lowest BCUT2D eigenvalue weighted by atomic mass is 9.90. The van der Waals surface area contributed by atoms with Crippen molar-refractivity contribution >= 4 is 45.8 Å².